The Bertz CT molecular complexity index is 734. The van der Waals surface area contributed by atoms with E-state index in [1.165, 1.54) is 18.7 Å². The highest BCUT2D eigenvalue weighted by Gasteiger charge is 2.09. The Morgan fingerprint density at radius 2 is 1.95 bits per heavy atom. The van der Waals surface area contributed by atoms with E-state index < -0.39 is 0 Å². The minimum Gasteiger partial charge on any atom is -0.422 e. The quantitative estimate of drug-likeness (QED) is 0.740. The predicted octanol–water partition coefficient (Wildman–Crippen LogP) is 2.55. The highest BCUT2D eigenvalue weighted by molar-refractivity contribution is 6.30. The summed E-state index contributed by atoms with van der Waals surface area (Å²) in [5.74, 6) is 0.698. The normalized spacial score (nSPS) is 10.5. The van der Waals surface area contributed by atoms with Crippen molar-refractivity contribution in [1.29, 1.82) is 0 Å². The van der Waals surface area contributed by atoms with Crippen LogP contribution in [0.25, 0.3) is 5.95 Å². The van der Waals surface area contributed by atoms with Gasteiger partial charge in [-0.1, -0.05) is 11.6 Å². The van der Waals surface area contributed by atoms with Crippen molar-refractivity contribution in [3.8, 4) is 17.7 Å². The molecule has 3 rings (SSSR count). The third-order valence-corrected chi connectivity index (χ3v) is 2.58. The van der Waals surface area contributed by atoms with Crippen LogP contribution in [-0.2, 0) is 0 Å². The molecule has 0 spiro atoms. The number of pyridine rings is 1. The van der Waals surface area contributed by atoms with E-state index in [-0.39, 0.29) is 11.3 Å². The molecule has 0 bridgehead atoms. The van der Waals surface area contributed by atoms with Crippen molar-refractivity contribution in [2.45, 2.75) is 0 Å². The molecular weight excluding hydrogens is 303 g/mol. The van der Waals surface area contributed by atoms with E-state index in [4.69, 9.17) is 27.9 Å². The zero-order valence-electron chi connectivity index (χ0n) is 9.81. The van der Waals surface area contributed by atoms with E-state index in [0.717, 1.165) is 0 Å². The number of hydrogen-bond acceptors (Lipinski definition) is 6. The molecule has 9 heteroatoms. The standard InChI is InChI=1S/C11H6Cl2N6O/c12-7-3-8(5-15-4-7)20-11-17-9(13)16-10(18-11)19-2-1-14-6-19/h1-6H. The fourth-order valence-electron chi connectivity index (χ4n) is 1.41. The number of ether oxygens (including phenoxy) is 1. The number of imidazole rings is 1. The number of hydrogen-bond donors (Lipinski definition) is 0. The molecule has 0 atom stereocenters. The van der Waals surface area contributed by atoms with Gasteiger partial charge in [0.05, 0.1) is 11.2 Å². The first kappa shape index (κ1) is 12.8. The molecule has 0 aliphatic rings. The monoisotopic (exact) mass is 308 g/mol. The summed E-state index contributed by atoms with van der Waals surface area (Å²) in [5, 5.41) is 0.450. The molecule has 3 heterocycles. The van der Waals surface area contributed by atoms with Gasteiger partial charge >= 0.3 is 6.01 Å². The molecule has 0 radical (unpaired) electrons. The average molecular weight is 309 g/mol. The van der Waals surface area contributed by atoms with E-state index >= 15 is 0 Å². The predicted molar refractivity (Wildman–Crippen MR) is 71.3 cm³/mol. The molecule has 0 saturated heterocycles. The van der Waals surface area contributed by atoms with Crippen molar-refractivity contribution in [2.24, 2.45) is 0 Å². The molecule has 0 fully saturated rings. The van der Waals surface area contributed by atoms with Crippen LogP contribution < -0.4 is 4.74 Å². The van der Waals surface area contributed by atoms with Gasteiger partial charge in [0.15, 0.2) is 5.75 Å². The van der Waals surface area contributed by atoms with Crippen molar-refractivity contribution < 1.29 is 4.74 Å². The molecular formula is C11H6Cl2N6O. The SMILES string of the molecule is Clc1cncc(Oc2nc(Cl)nc(-n3ccnc3)n2)c1. The van der Waals surface area contributed by atoms with Crippen molar-refractivity contribution in [3.05, 3.63) is 47.5 Å². The third-order valence-electron chi connectivity index (χ3n) is 2.20. The molecule has 3 aromatic heterocycles. The van der Waals surface area contributed by atoms with Crippen LogP contribution in [0.1, 0.15) is 0 Å². The first-order valence-electron chi connectivity index (χ1n) is 5.39. The van der Waals surface area contributed by atoms with E-state index in [1.807, 2.05) is 0 Å². The van der Waals surface area contributed by atoms with Gasteiger partial charge in [0.25, 0.3) is 0 Å². The van der Waals surface area contributed by atoms with E-state index in [1.54, 1.807) is 23.0 Å². The summed E-state index contributed by atoms with van der Waals surface area (Å²) >= 11 is 11.7. The minimum absolute atomic E-state index is 0.00804. The maximum Gasteiger partial charge on any atom is 0.328 e. The molecule has 0 aliphatic carbocycles. The lowest BCUT2D eigenvalue weighted by molar-refractivity contribution is 0.436. The summed E-state index contributed by atoms with van der Waals surface area (Å²) < 4.78 is 7.03. The van der Waals surface area contributed by atoms with Crippen LogP contribution >= 0.6 is 23.2 Å². The molecule has 0 amide bonds. The third kappa shape index (κ3) is 2.84. The molecule has 0 saturated carbocycles. The van der Waals surface area contributed by atoms with Gasteiger partial charge in [-0.2, -0.15) is 15.0 Å². The topological polar surface area (TPSA) is 78.6 Å². The molecule has 0 aromatic carbocycles. The summed E-state index contributed by atoms with van der Waals surface area (Å²) in [6.07, 6.45) is 7.79. The van der Waals surface area contributed by atoms with Crippen molar-refractivity contribution in [1.82, 2.24) is 29.5 Å². The van der Waals surface area contributed by atoms with Crippen LogP contribution in [0.2, 0.25) is 10.3 Å². The Morgan fingerprint density at radius 3 is 2.70 bits per heavy atom. The summed E-state index contributed by atoms with van der Waals surface area (Å²) in [6.45, 7) is 0. The first-order valence-corrected chi connectivity index (χ1v) is 6.14. The molecule has 7 nitrogen and oxygen atoms in total. The Kier molecular flexibility index (Phi) is 3.44. The van der Waals surface area contributed by atoms with E-state index in [2.05, 4.69) is 24.9 Å². The largest absolute Gasteiger partial charge is 0.422 e. The fraction of sp³-hybridized carbons (Fsp3) is 0. The molecule has 0 N–H and O–H groups in total. The van der Waals surface area contributed by atoms with Gasteiger partial charge in [0.1, 0.15) is 6.33 Å². The summed E-state index contributed by atoms with van der Waals surface area (Å²) in [4.78, 5) is 19.8. The molecule has 3 aromatic rings. The van der Waals surface area contributed by atoms with Gasteiger partial charge in [-0.15, -0.1) is 0 Å². The van der Waals surface area contributed by atoms with Crippen LogP contribution in [0.15, 0.2) is 37.2 Å². The van der Waals surface area contributed by atoms with Gasteiger partial charge in [-0.3, -0.25) is 9.55 Å². The number of rotatable bonds is 3. The zero-order chi connectivity index (χ0) is 13.9. The summed E-state index contributed by atoms with van der Waals surface area (Å²) in [5.41, 5.74) is 0. The van der Waals surface area contributed by atoms with E-state index in [9.17, 15) is 0 Å². The minimum atomic E-state index is 0.00804. The van der Waals surface area contributed by atoms with E-state index in [0.29, 0.717) is 16.7 Å². The summed E-state index contributed by atoms with van der Waals surface area (Å²) in [7, 11) is 0. The summed E-state index contributed by atoms with van der Waals surface area (Å²) in [6, 6.07) is 1.63. The Morgan fingerprint density at radius 1 is 1.05 bits per heavy atom. The maximum absolute atomic E-state index is 5.85. The van der Waals surface area contributed by atoms with Gasteiger partial charge < -0.3 is 4.74 Å². The molecule has 20 heavy (non-hydrogen) atoms. The van der Waals surface area contributed by atoms with Gasteiger partial charge in [0, 0.05) is 24.7 Å². The highest BCUT2D eigenvalue weighted by Crippen LogP contribution is 2.21. The van der Waals surface area contributed by atoms with Crippen LogP contribution in [0, 0.1) is 0 Å². The second kappa shape index (κ2) is 5.40. The number of nitrogens with zero attached hydrogens (tertiary/aromatic N) is 6. The lowest BCUT2D eigenvalue weighted by atomic mass is 10.5. The number of aromatic nitrogens is 6. The molecule has 100 valence electrons. The van der Waals surface area contributed by atoms with Crippen LogP contribution in [0.4, 0.5) is 0 Å². The fourth-order valence-corrected chi connectivity index (χ4v) is 1.73. The van der Waals surface area contributed by atoms with Gasteiger partial charge in [-0.05, 0) is 11.6 Å². The Balaban J connectivity index is 1.94. The van der Waals surface area contributed by atoms with Gasteiger partial charge in [0.2, 0.25) is 11.2 Å². The Hall–Kier alpha value is -2.25. The highest BCUT2D eigenvalue weighted by atomic mass is 35.5. The smallest absolute Gasteiger partial charge is 0.328 e. The second-order valence-corrected chi connectivity index (χ2v) is 4.37. The van der Waals surface area contributed by atoms with Crippen molar-refractivity contribution in [2.75, 3.05) is 0 Å². The van der Waals surface area contributed by atoms with Crippen LogP contribution in [0.5, 0.6) is 11.8 Å². The molecule has 0 unspecified atom stereocenters. The lowest BCUT2D eigenvalue weighted by Crippen LogP contribution is -2.03. The number of halogens is 2. The van der Waals surface area contributed by atoms with Crippen molar-refractivity contribution >= 4 is 23.2 Å². The van der Waals surface area contributed by atoms with Crippen molar-refractivity contribution in [3.63, 3.8) is 0 Å². The van der Waals surface area contributed by atoms with Crippen LogP contribution in [0.3, 0.4) is 0 Å². The zero-order valence-corrected chi connectivity index (χ0v) is 11.3. The first-order chi connectivity index (χ1) is 9.70. The second-order valence-electron chi connectivity index (χ2n) is 3.60. The maximum atomic E-state index is 5.85. The van der Waals surface area contributed by atoms with Gasteiger partial charge in [-0.25, -0.2) is 4.98 Å². The average Bonchev–Trinajstić information content (AvgIpc) is 2.91. The van der Waals surface area contributed by atoms with Crippen LogP contribution in [-0.4, -0.2) is 29.5 Å². The molecule has 0 aliphatic heterocycles. The Labute approximate surface area is 123 Å². The lowest BCUT2D eigenvalue weighted by Gasteiger charge is -2.05.